The Morgan fingerprint density at radius 3 is 2.35 bits per heavy atom. The summed E-state index contributed by atoms with van der Waals surface area (Å²) < 4.78 is 5.11. The van der Waals surface area contributed by atoms with E-state index in [1.54, 1.807) is 7.11 Å². The van der Waals surface area contributed by atoms with Crippen LogP contribution in [0.3, 0.4) is 0 Å². The first kappa shape index (κ1) is 15.1. The zero-order chi connectivity index (χ0) is 14.5. The van der Waals surface area contributed by atoms with Gasteiger partial charge in [-0.05, 0) is 24.2 Å². The molecule has 2 rings (SSSR count). The van der Waals surface area contributed by atoms with Crippen molar-refractivity contribution in [3.8, 4) is 5.75 Å². The molecule has 1 unspecified atom stereocenters. The SMILES string of the molecule is CCN1CCN(C(=O)C(Cl)c2ccc(OC)cc2)CC1. The van der Waals surface area contributed by atoms with E-state index in [9.17, 15) is 4.79 Å². The Morgan fingerprint density at radius 1 is 1.25 bits per heavy atom. The van der Waals surface area contributed by atoms with Crippen LogP contribution in [0.25, 0.3) is 0 Å². The van der Waals surface area contributed by atoms with Crippen LogP contribution < -0.4 is 4.74 Å². The number of halogens is 1. The van der Waals surface area contributed by atoms with Gasteiger partial charge in [0.05, 0.1) is 7.11 Å². The second kappa shape index (κ2) is 6.95. The van der Waals surface area contributed by atoms with Crippen LogP contribution in [0, 0.1) is 0 Å². The van der Waals surface area contributed by atoms with E-state index in [1.807, 2.05) is 29.2 Å². The predicted molar refractivity (Wildman–Crippen MR) is 80.3 cm³/mol. The van der Waals surface area contributed by atoms with Crippen molar-refractivity contribution in [2.45, 2.75) is 12.3 Å². The minimum atomic E-state index is -0.617. The first-order valence-electron chi connectivity index (χ1n) is 6.95. The predicted octanol–water partition coefficient (Wildman–Crippen LogP) is 2.14. The van der Waals surface area contributed by atoms with Crippen molar-refractivity contribution in [1.29, 1.82) is 0 Å². The van der Waals surface area contributed by atoms with Crippen LogP contribution in [-0.2, 0) is 4.79 Å². The van der Waals surface area contributed by atoms with Crippen molar-refractivity contribution in [2.75, 3.05) is 39.8 Å². The molecular weight excluding hydrogens is 276 g/mol. The van der Waals surface area contributed by atoms with Crippen molar-refractivity contribution in [2.24, 2.45) is 0 Å². The Labute approximate surface area is 125 Å². The number of carbonyl (C=O) groups is 1. The summed E-state index contributed by atoms with van der Waals surface area (Å²) in [6.07, 6.45) is 0. The quantitative estimate of drug-likeness (QED) is 0.798. The molecule has 1 fully saturated rings. The van der Waals surface area contributed by atoms with Crippen molar-refractivity contribution in [1.82, 2.24) is 9.80 Å². The highest BCUT2D eigenvalue weighted by Gasteiger charge is 2.26. The van der Waals surface area contributed by atoms with Gasteiger partial charge in [-0.25, -0.2) is 0 Å². The number of benzene rings is 1. The number of hydrogen-bond acceptors (Lipinski definition) is 3. The van der Waals surface area contributed by atoms with E-state index in [0.29, 0.717) is 0 Å². The zero-order valence-corrected chi connectivity index (χ0v) is 12.8. The van der Waals surface area contributed by atoms with E-state index in [4.69, 9.17) is 16.3 Å². The second-order valence-electron chi connectivity index (χ2n) is 4.90. The second-order valence-corrected chi connectivity index (χ2v) is 5.33. The highest BCUT2D eigenvalue weighted by atomic mass is 35.5. The van der Waals surface area contributed by atoms with Crippen LogP contribution in [0.15, 0.2) is 24.3 Å². The van der Waals surface area contributed by atoms with E-state index >= 15 is 0 Å². The lowest BCUT2D eigenvalue weighted by molar-refractivity contribution is -0.132. The number of alkyl halides is 1. The van der Waals surface area contributed by atoms with E-state index < -0.39 is 5.38 Å². The topological polar surface area (TPSA) is 32.8 Å². The number of ether oxygens (including phenoxy) is 1. The molecule has 110 valence electrons. The molecule has 1 amide bonds. The molecule has 0 N–H and O–H groups in total. The van der Waals surface area contributed by atoms with Gasteiger partial charge in [0.2, 0.25) is 5.91 Å². The molecule has 1 atom stereocenters. The molecule has 1 heterocycles. The number of piperazine rings is 1. The average molecular weight is 297 g/mol. The number of methoxy groups -OCH3 is 1. The van der Waals surface area contributed by atoms with Gasteiger partial charge in [0.25, 0.3) is 0 Å². The van der Waals surface area contributed by atoms with Gasteiger partial charge < -0.3 is 14.5 Å². The number of rotatable bonds is 4. The van der Waals surface area contributed by atoms with Gasteiger partial charge in [0.15, 0.2) is 0 Å². The third-order valence-electron chi connectivity index (χ3n) is 3.76. The fourth-order valence-electron chi connectivity index (χ4n) is 2.36. The maximum atomic E-state index is 12.4. The summed E-state index contributed by atoms with van der Waals surface area (Å²) in [5, 5.41) is -0.617. The monoisotopic (exact) mass is 296 g/mol. The Balaban J connectivity index is 1.97. The lowest BCUT2D eigenvalue weighted by atomic mass is 10.1. The summed E-state index contributed by atoms with van der Waals surface area (Å²) in [7, 11) is 1.62. The van der Waals surface area contributed by atoms with E-state index in [-0.39, 0.29) is 5.91 Å². The van der Waals surface area contributed by atoms with Gasteiger partial charge in [-0.2, -0.15) is 0 Å². The van der Waals surface area contributed by atoms with Crippen LogP contribution in [-0.4, -0.2) is 55.5 Å². The smallest absolute Gasteiger partial charge is 0.245 e. The molecule has 1 saturated heterocycles. The minimum absolute atomic E-state index is 0.00686. The standard InChI is InChI=1S/C15H21ClN2O2/c1-3-17-8-10-18(11-9-17)15(19)14(16)12-4-6-13(20-2)7-5-12/h4-7,14H,3,8-11H2,1-2H3. The molecule has 1 aliphatic rings. The highest BCUT2D eigenvalue weighted by molar-refractivity contribution is 6.30. The van der Waals surface area contributed by atoms with Crippen LogP contribution in [0.2, 0.25) is 0 Å². The molecule has 0 spiro atoms. The molecule has 0 saturated carbocycles. The molecular formula is C15H21ClN2O2. The van der Waals surface area contributed by atoms with E-state index in [0.717, 1.165) is 44.0 Å². The molecule has 0 aromatic heterocycles. The molecule has 0 bridgehead atoms. The van der Waals surface area contributed by atoms with Crippen molar-refractivity contribution in [3.05, 3.63) is 29.8 Å². The van der Waals surface area contributed by atoms with Crippen molar-refractivity contribution >= 4 is 17.5 Å². The molecule has 1 aromatic rings. The van der Waals surface area contributed by atoms with Gasteiger partial charge in [-0.1, -0.05) is 19.1 Å². The van der Waals surface area contributed by atoms with Crippen LogP contribution in [0.4, 0.5) is 0 Å². The average Bonchev–Trinajstić information content (AvgIpc) is 2.53. The number of nitrogens with zero attached hydrogens (tertiary/aromatic N) is 2. The van der Waals surface area contributed by atoms with Crippen LogP contribution in [0.1, 0.15) is 17.9 Å². The molecule has 20 heavy (non-hydrogen) atoms. The maximum Gasteiger partial charge on any atom is 0.245 e. The maximum absolute atomic E-state index is 12.4. The van der Waals surface area contributed by atoms with Crippen molar-refractivity contribution in [3.63, 3.8) is 0 Å². The Kier molecular flexibility index (Phi) is 5.26. The highest BCUT2D eigenvalue weighted by Crippen LogP contribution is 2.25. The minimum Gasteiger partial charge on any atom is -0.497 e. The molecule has 1 aromatic carbocycles. The zero-order valence-electron chi connectivity index (χ0n) is 12.0. The summed E-state index contributed by atoms with van der Waals surface area (Å²) in [5.41, 5.74) is 0.815. The summed E-state index contributed by atoms with van der Waals surface area (Å²) in [6, 6.07) is 7.34. The lowest BCUT2D eigenvalue weighted by Crippen LogP contribution is -2.49. The number of likely N-dealkylation sites (N-methyl/N-ethyl adjacent to an activating group) is 1. The van der Waals surface area contributed by atoms with E-state index in [2.05, 4.69) is 11.8 Å². The Bertz CT molecular complexity index is 442. The number of carbonyl (C=O) groups excluding carboxylic acids is 1. The van der Waals surface area contributed by atoms with Gasteiger partial charge >= 0.3 is 0 Å². The molecule has 4 nitrogen and oxygen atoms in total. The van der Waals surface area contributed by atoms with Crippen LogP contribution >= 0.6 is 11.6 Å². The van der Waals surface area contributed by atoms with Gasteiger partial charge in [0.1, 0.15) is 11.1 Å². The summed E-state index contributed by atoms with van der Waals surface area (Å²) in [4.78, 5) is 16.6. The summed E-state index contributed by atoms with van der Waals surface area (Å²) in [5.74, 6) is 0.759. The first-order valence-corrected chi connectivity index (χ1v) is 7.38. The van der Waals surface area contributed by atoms with Crippen LogP contribution in [0.5, 0.6) is 5.75 Å². The molecule has 0 radical (unpaired) electrons. The largest absolute Gasteiger partial charge is 0.497 e. The molecule has 5 heteroatoms. The fourth-order valence-corrected chi connectivity index (χ4v) is 2.64. The lowest BCUT2D eigenvalue weighted by Gasteiger charge is -2.35. The van der Waals surface area contributed by atoms with Crippen molar-refractivity contribution < 1.29 is 9.53 Å². The van der Waals surface area contributed by atoms with Gasteiger partial charge in [0, 0.05) is 26.2 Å². The third-order valence-corrected chi connectivity index (χ3v) is 4.20. The summed E-state index contributed by atoms with van der Waals surface area (Å²) >= 11 is 6.31. The fraction of sp³-hybridized carbons (Fsp3) is 0.533. The Hall–Kier alpha value is -1.26. The van der Waals surface area contributed by atoms with Gasteiger partial charge in [-0.15, -0.1) is 11.6 Å². The van der Waals surface area contributed by atoms with Gasteiger partial charge in [-0.3, -0.25) is 4.79 Å². The Morgan fingerprint density at radius 2 is 1.85 bits per heavy atom. The normalized spacial score (nSPS) is 17.9. The third kappa shape index (κ3) is 3.44. The number of amides is 1. The molecule has 0 aliphatic carbocycles. The van der Waals surface area contributed by atoms with E-state index in [1.165, 1.54) is 0 Å². The summed E-state index contributed by atoms with van der Waals surface area (Å²) in [6.45, 7) is 6.53. The first-order chi connectivity index (χ1) is 9.65. The molecule has 1 aliphatic heterocycles. The number of hydrogen-bond donors (Lipinski definition) is 0.